The first-order valence-electron chi connectivity index (χ1n) is 9.55. The van der Waals surface area contributed by atoms with Crippen molar-refractivity contribution in [1.29, 1.82) is 0 Å². The molecule has 0 radical (unpaired) electrons. The summed E-state index contributed by atoms with van der Waals surface area (Å²) in [7, 11) is 3.18. The Bertz CT molecular complexity index is 1260. The van der Waals surface area contributed by atoms with Crippen LogP contribution in [0.1, 0.15) is 15.9 Å². The van der Waals surface area contributed by atoms with Gasteiger partial charge in [0.1, 0.15) is 11.5 Å². The summed E-state index contributed by atoms with van der Waals surface area (Å²) in [4.78, 5) is 21.7. The van der Waals surface area contributed by atoms with Crippen LogP contribution in [0.15, 0.2) is 78.2 Å². The Hall–Kier alpha value is -4.26. The second-order valence-electron chi connectivity index (χ2n) is 6.62. The predicted octanol–water partition coefficient (Wildman–Crippen LogP) is 4.08. The molecule has 0 fully saturated rings. The van der Waals surface area contributed by atoms with Gasteiger partial charge in [-0.25, -0.2) is 10.4 Å². The van der Waals surface area contributed by atoms with Crippen LogP contribution in [0.3, 0.4) is 0 Å². The Morgan fingerprint density at radius 1 is 1.03 bits per heavy atom. The molecule has 31 heavy (non-hydrogen) atoms. The number of aromatic nitrogens is 2. The van der Waals surface area contributed by atoms with E-state index >= 15 is 0 Å². The summed E-state index contributed by atoms with van der Waals surface area (Å²) < 4.78 is 10.8. The second kappa shape index (κ2) is 9.04. The number of benzene rings is 2. The largest absolute Gasteiger partial charge is 0.497 e. The monoisotopic (exact) mass is 412 g/mol. The Morgan fingerprint density at radius 3 is 2.68 bits per heavy atom. The van der Waals surface area contributed by atoms with Crippen molar-refractivity contribution in [3.63, 3.8) is 0 Å². The molecule has 0 spiro atoms. The molecule has 2 aromatic carbocycles. The number of pyridine rings is 2. The van der Waals surface area contributed by atoms with Gasteiger partial charge in [0.25, 0.3) is 5.91 Å². The van der Waals surface area contributed by atoms with Crippen molar-refractivity contribution in [2.45, 2.75) is 0 Å². The lowest BCUT2D eigenvalue weighted by Crippen LogP contribution is -2.18. The van der Waals surface area contributed by atoms with E-state index in [1.807, 2.05) is 42.5 Å². The van der Waals surface area contributed by atoms with Crippen molar-refractivity contribution in [2.75, 3.05) is 14.2 Å². The smallest absolute Gasteiger partial charge is 0.272 e. The van der Waals surface area contributed by atoms with Gasteiger partial charge in [-0.2, -0.15) is 5.10 Å². The molecule has 4 rings (SSSR count). The van der Waals surface area contributed by atoms with E-state index in [0.717, 1.165) is 16.5 Å². The van der Waals surface area contributed by atoms with Crippen molar-refractivity contribution < 1.29 is 14.3 Å². The zero-order valence-electron chi connectivity index (χ0n) is 17.1. The van der Waals surface area contributed by atoms with E-state index in [1.165, 1.54) is 0 Å². The van der Waals surface area contributed by atoms with E-state index in [-0.39, 0.29) is 5.91 Å². The van der Waals surface area contributed by atoms with Gasteiger partial charge in [0, 0.05) is 35.0 Å². The fourth-order valence-corrected chi connectivity index (χ4v) is 3.19. The first-order chi connectivity index (χ1) is 15.2. The summed E-state index contributed by atoms with van der Waals surface area (Å²) in [6, 6.07) is 18.3. The average molecular weight is 412 g/mol. The maximum atomic E-state index is 13.0. The third kappa shape index (κ3) is 4.35. The van der Waals surface area contributed by atoms with Gasteiger partial charge in [-0.05, 0) is 30.3 Å². The first-order valence-corrected chi connectivity index (χ1v) is 9.55. The normalized spacial score (nSPS) is 10.9. The van der Waals surface area contributed by atoms with Gasteiger partial charge < -0.3 is 9.47 Å². The molecule has 7 heteroatoms. The topological polar surface area (TPSA) is 85.7 Å². The molecule has 2 heterocycles. The van der Waals surface area contributed by atoms with Crippen LogP contribution < -0.4 is 14.9 Å². The number of carbonyl (C=O) groups excluding carboxylic acids is 1. The van der Waals surface area contributed by atoms with E-state index in [9.17, 15) is 4.79 Å². The van der Waals surface area contributed by atoms with Crippen molar-refractivity contribution in [3.8, 4) is 22.8 Å². The minimum atomic E-state index is -0.340. The summed E-state index contributed by atoms with van der Waals surface area (Å²) in [5, 5.41) is 4.79. The number of hydrogen-bond acceptors (Lipinski definition) is 6. The number of para-hydroxylation sites is 1. The highest BCUT2D eigenvalue weighted by molar-refractivity contribution is 6.07. The number of hydrogen-bond donors (Lipinski definition) is 1. The lowest BCUT2D eigenvalue weighted by Gasteiger charge is -2.12. The molecule has 0 aliphatic heterocycles. The van der Waals surface area contributed by atoms with Crippen LogP contribution in [0.25, 0.3) is 22.2 Å². The Balaban J connectivity index is 1.73. The van der Waals surface area contributed by atoms with Crippen molar-refractivity contribution >= 4 is 23.0 Å². The third-order valence-electron chi connectivity index (χ3n) is 4.71. The number of nitrogens with zero attached hydrogens (tertiary/aromatic N) is 3. The quantitative estimate of drug-likeness (QED) is 0.381. The number of rotatable bonds is 6. The first kappa shape index (κ1) is 20.0. The molecule has 7 nitrogen and oxygen atoms in total. The standard InChI is InChI=1S/C24H20N4O3/c1-30-17-9-10-19(23(12-17)31-2)22-13-20(18-7-3-4-8-21(18)27-22)24(29)28-26-15-16-6-5-11-25-14-16/h3-15H,1-2H3,(H,28,29)/b26-15-. The predicted molar refractivity (Wildman–Crippen MR) is 120 cm³/mol. The van der Waals surface area contributed by atoms with Crippen molar-refractivity contribution in [1.82, 2.24) is 15.4 Å². The summed E-state index contributed by atoms with van der Waals surface area (Å²) >= 11 is 0. The maximum Gasteiger partial charge on any atom is 0.272 e. The fourth-order valence-electron chi connectivity index (χ4n) is 3.19. The van der Waals surface area contributed by atoms with E-state index in [0.29, 0.717) is 28.3 Å². The zero-order chi connectivity index (χ0) is 21.6. The number of fused-ring (bicyclic) bond motifs is 1. The molecular formula is C24H20N4O3. The SMILES string of the molecule is COc1ccc(-c2cc(C(=O)N/N=C\c3cccnc3)c3ccccc3n2)c(OC)c1. The van der Waals surface area contributed by atoms with Crippen molar-refractivity contribution in [3.05, 3.63) is 84.2 Å². The van der Waals surface area contributed by atoms with Crippen molar-refractivity contribution in [2.24, 2.45) is 5.10 Å². The molecule has 1 amide bonds. The van der Waals surface area contributed by atoms with Gasteiger partial charge in [0.2, 0.25) is 0 Å². The molecular weight excluding hydrogens is 392 g/mol. The summed E-state index contributed by atoms with van der Waals surface area (Å²) in [6.07, 6.45) is 4.88. The van der Waals surface area contributed by atoms with E-state index < -0.39 is 0 Å². The zero-order valence-corrected chi connectivity index (χ0v) is 17.1. The molecule has 0 unspecified atom stereocenters. The van der Waals surface area contributed by atoms with Gasteiger partial charge in [-0.1, -0.05) is 24.3 Å². The molecule has 0 atom stereocenters. The summed E-state index contributed by atoms with van der Waals surface area (Å²) in [5.74, 6) is 0.930. The minimum Gasteiger partial charge on any atom is -0.497 e. The van der Waals surface area contributed by atoms with Gasteiger partial charge >= 0.3 is 0 Å². The molecule has 4 aromatic rings. The highest BCUT2D eigenvalue weighted by Gasteiger charge is 2.16. The highest BCUT2D eigenvalue weighted by Crippen LogP contribution is 2.34. The number of ether oxygens (including phenoxy) is 2. The molecule has 0 aliphatic carbocycles. The van der Waals surface area contributed by atoms with Gasteiger partial charge in [0.15, 0.2) is 0 Å². The molecule has 0 saturated carbocycles. The van der Waals surface area contributed by atoms with Crippen LogP contribution in [-0.2, 0) is 0 Å². The van der Waals surface area contributed by atoms with Crippen LogP contribution in [0.4, 0.5) is 0 Å². The average Bonchev–Trinajstić information content (AvgIpc) is 2.83. The fraction of sp³-hybridized carbons (Fsp3) is 0.0833. The molecule has 1 N–H and O–H groups in total. The summed E-state index contributed by atoms with van der Waals surface area (Å²) in [6.45, 7) is 0. The Kier molecular flexibility index (Phi) is 5.84. The third-order valence-corrected chi connectivity index (χ3v) is 4.71. The van der Waals surface area contributed by atoms with E-state index in [4.69, 9.17) is 14.5 Å². The maximum absolute atomic E-state index is 13.0. The number of nitrogens with one attached hydrogen (secondary N) is 1. The second-order valence-corrected chi connectivity index (χ2v) is 6.62. The minimum absolute atomic E-state index is 0.340. The molecule has 0 aliphatic rings. The van der Waals surface area contributed by atoms with Crippen LogP contribution in [0.5, 0.6) is 11.5 Å². The molecule has 0 saturated heterocycles. The Morgan fingerprint density at radius 2 is 1.90 bits per heavy atom. The molecule has 2 aromatic heterocycles. The van der Waals surface area contributed by atoms with Crippen LogP contribution in [0, 0.1) is 0 Å². The number of amides is 1. The number of hydrazone groups is 1. The van der Waals surface area contributed by atoms with Crippen LogP contribution in [0.2, 0.25) is 0 Å². The number of methoxy groups -OCH3 is 2. The van der Waals surface area contributed by atoms with Crippen LogP contribution in [-0.4, -0.2) is 36.3 Å². The molecule has 154 valence electrons. The van der Waals surface area contributed by atoms with Gasteiger partial charge in [-0.15, -0.1) is 0 Å². The van der Waals surface area contributed by atoms with Gasteiger partial charge in [-0.3, -0.25) is 9.78 Å². The molecule has 0 bridgehead atoms. The van der Waals surface area contributed by atoms with E-state index in [2.05, 4.69) is 15.5 Å². The number of carbonyl (C=O) groups is 1. The Labute approximate surface area is 179 Å². The highest BCUT2D eigenvalue weighted by atomic mass is 16.5. The lowest BCUT2D eigenvalue weighted by atomic mass is 10.0. The lowest BCUT2D eigenvalue weighted by molar-refractivity contribution is 0.0956. The summed E-state index contributed by atoms with van der Waals surface area (Å²) in [5.41, 5.74) is 5.89. The van der Waals surface area contributed by atoms with Gasteiger partial charge in [0.05, 0.1) is 37.2 Å². The van der Waals surface area contributed by atoms with Crippen LogP contribution >= 0.6 is 0 Å². The van der Waals surface area contributed by atoms with E-state index in [1.54, 1.807) is 51.0 Å².